The molecule has 0 aliphatic carbocycles. The number of halogens is 1. The smallest absolute Gasteiger partial charge is 0.285 e. The zero-order valence-electron chi connectivity index (χ0n) is 7.28. The third-order valence-corrected chi connectivity index (χ3v) is 1.74. The van der Waals surface area contributed by atoms with Gasteiger partial charge in [-0.2, -0.15) is 0 Å². The summed E-state index contributed by atoms with van der Waals surface area (Å²) in [7, 11) is 0. The van der Waals surface area contributed by atoms with Crippen molar-refractivity contribution in [1.29, 1.82) is 0 Å². The molecule has 2 N–H and O–H groups in total. The van der Waals surface area contributed by atoms with Gasteiger partial charge in [-0.25, -0.2) is 4.39 Å². The maximum atomic E-state index is 12.9. The minimum Gasteiger partial charge on any atom is -0.365 e. The highest BCUT2D eigenvalue weighted by Gasteiger charge is 2.20. The van der Waals surface area contributed by atoms with Crippen LogP contribution >= 0.6 is 0 Å². The van der Waals surface area contributed by atoms with Gasteiger partial charge in [0.25, 0.3) is 11.6 Å². The van der Waals surface area contributed by atoms with Gasteiger partial charge in [-0.3, -0.25) is 14.9 Å². The third-order valence-electron chi connectivity index (χ3n) is 1.74. The number of hydrogen-bond donors (Lipinski definition) is 1. The van der Waals surface area contributed by atoms with Crippen molar-refractivity contribution in [2.75, 3.05) is 0 Å². The summed E-state index contributed by atoms with van der Waals surface area (Å²) in [5, 5.41) is 10.4. The maximum absolute atomic E-state index is 12.9. The summed E-state index contributed by atoms with van der Waals surface area (Å²) >= 11 is 0. The van der Waals surface area contributed by atoms with Gasteiger partial charge in [-0.05, 0) is 18.6 Å². The van der Waals surface area contributed by atoms with Crippen LogP contribution in [-0.2, 0) is 0 Å². The van der Waals surface area contributed by atoms with Gasteiger partial charge in [0.15, 0.2) is 0 Å². The van der Waals surface area contributed by atoms with Gasteiger partial charge in [0.1, 0.15) is 11.4 Å². The first-order chi connectivity index (χ1) is 6.43. The van der Waals surface area contributed by atoms with Crippen LogP contribution in [0.4, 0.5) is 10.1 Å². The second kappa shape index (κ2) is 3.41. The molecule has 1 aromatic rings. The molecule has 5 nitrogen and oxygen atoms in total. The van der Waals surface area contributed by atoms with Crippen LogP contribution in [0.1, 0.15) is 15.9 Å². The van der Waals surface area contributed by atoms with E-state index in [4.69, 9.17) is 5.73 Å². The molecular formula is C8H7FN2O3. The number of primary amides is 1. The Balaban J connectivity index is 3.46. The number of carbonyl (C=O) groups excluding carboxylic acids is 1. The van der Waals surface area contributed by atoms with Crippen LogP contribution in [0.2, 0.25) is 0 Å². The van der Waals surface area contributed by atoms with Crippen molar-refractivity contribution in [3.63, 3.8) is 0 Å². The molecule has 0 radical (unpaired) electrons. The van der Waals surface area contributed by atoms with E-state index in [0.717, 1.165) is 6.07 Å². The van der Waals surface area contributed by atoms with Crippen LogP contribution in [0.15, 0.2) is 12.1 Å². The zero-order chi connectivity index (χ0) is 10.9. The van der Waals surface area contributed by atoms with Gasteiger partial charge in [-0.1, -0.05) is 0 Å². The molecule has 1 amide bonds. The number of benzene rings is 1. The molecule has 14 heavy (non-hydrogen) atoms. The van der Waals surface area contributed by atoms with E-state index in [1.807, 2.05) is 0 Å². The molecule has 0 saturated heterocycles. The van der Waals surface area contributed by atoms with E-state index < -0.39 is 22.3 Å². The van der Waals surface area contributed by atoms with Gasteiger partial charge in [0.05, 0.1) is 11.0 Å². The molecule has 0 heterocycles. The topological polar surface area (TPSA) is 86.2 Å². The number of aryl methyl sites for hydroxylation is 1. The first-order valence-corrected chi connectivity index (χ1v) is 3.68. The highest BCUT2D eigenvalue weighted by atomic mass is 19.1. The Hall–Kier alpha value is -1.98. The molecular weight excluding hydrogens is 191 g/mol. The fourth-order valence-electron chi connectivity index (χ4n) is 1.02. The molecule has 74 valence electrons. The number of carbonyl (C=O) groups is 1. The van der Waals surface area contributed by atoms with Crippen LogP contribution in [0.3, 0.4) is 0 Å². The van der Waals surface area contributed by atoms with Crippen molar-refractivity contribution in [2.45, 2.75) is 6.92 Å². The number of nitrogens with zero attached hydrogens (tertiary/aromatic N) is 1. The Morgan fingerprint density at radius 1 is 1.57 bits per heavy atom. The van der Waals surface area contributed by atoms with Crippen LogP contribution in [0, 0.1) is 22.9 Å². The Kier molecular flexibility index (Phi) is 2.46. The quantitative estimate of drug-likeness (QED) is 0.571. The fourth-order valence-corrected chi connectivity index (χ4v) is 1.02. The van der Waals surface area contributed by atoms with Gasteiger partial charge < -0.3 is 5.73 Å². The van der Waals surface area contributed by atoms with Gasteiger partial charge >= 0.3 is 0 Å². The monoisotopic (exact) mass is 198 g/mol. The molecule has 0 saturated carbocycles. The molecule has 0 fully saturated rings. The van der Waals surface area contributed by atoms with Crippen LogP contribution < -0.4 is 5.73 Å². The summed E-state index contributed by atoms with van der Waals surface area (Å²) in [6.45, 7) is 1.39. The lowest BCUT2D eigenvalue weighted by molar-refractivity contribution is -0.385. The number of nitro groups is 1. The molecule has 0 bridgehead atoms. The van der Waals surface area contributed by atoms with Gasteiger partial charge in [0, 0.05) is 0 Å². The standard InChI is InChI=1S/C8H7FN2O3/c1-4-2-5(8(10)12)7(11(13)14)3-6(4)9/h2-3H,1H3,(H2,10,12). The summed E-state index contributed by atoms with van der Waals surface area (Å²) in [5.74, 6) is -1.68. The van der Waals surface area contributed by atoms with Crippen molar-refractivity contribution in [3.8, 4) is 0 Å². The first kappa shape index (κ1) is 10.1. The molecule has 0 spiro atoms. The van der Waals surface area contributed by atoms with Gasteiger partial charge in [-0.15, -0.1) is 0 Å². The predicted molar refractivity (Wildman–Crippen MR) is 46.3 cm³/mol. The lowest BCUT2D eigenvalue weighted by atomic mass is 10.1. The van der Waals surface area contributed by atoms with E-state index >= 15 is 0 Å². The van der Waals surface area contributed by atoms with E-state index in [1.54, 1.807) is 0 Å². The van der Waals surface area contributed by atoms with Crippen LogP contribution in [0.25, 0.3) is 0 Å². The van der Waals surface area contributed by atoms with Crippen molar-refractivity contribution in [3.05, 3.63) is 39.2 Å². The second-order valence-electron chi connectivity index (χ2n) is 2.74. The Labute approximate surface area is 78.5 Å². The lowest BCUT2D eigenvalue weighted by Crippen LogP contribution is -2.14. The van der Waals surface area contributed by atoms with E-state index in [9.17, 15) is 19.3 Å². The van der Waals surface area contributed by atoms with E-state index in [1.165, 1.54) is 6.92 Å². The van der Waals surface area contributed by atoms with Crippen LogP contribution in [-0.4, -0.2) is 10.8 Å². The molecule has 0 aromatic heterocycles. The number of amides is 1. The molecule has 1 aromatic carbocycles. The van der Waals surface area contributed by atoms with Crippen molar-refractivity contribution in [2.24, 2.45) is 5.73 Å². The maximum Gasteiger partial charge on any atom is 0.285 e. The van der Waals surface area contributed by atoms with Crippen LogP contribution in [0.5, 0.6) is 0 Å². The average Bonchev–Trinajstić information content (AvgIpc) is 2.08. The largest absolute Gasteiger partial charge is 0.365 e. The minimum atomic E-state index is -0.945. The van der Waals surface area contributed by atoms with Gasteiger partial charge in [0.2, 0.25) is 0 Å². The number of nitrogens with two attached hydrogens (primary N) is 1. The second-order valence-corrected chi connectivity index (χ2v) is 2.74. The molecule has 0 atom stereocenters. The van der Waals surface area contributed by atoms with E-state index in [2.05, 4.69) is 0 Å². The first-order valence-electron chi connectivity index (χ1n) is 3.68. The number of hydrogen-bond acceptors (Lipinski definition) is 3. The summed E-state index contributed by atoms with van der Waals surface area (Å²) in [6.07, 6.45) is 0. The van der Waals surface area contributed by atoms with E-state index in [-0.39, 0.29) is 11.1 Å². The SMILES string of the molecule is Cc1cc(C(N)=O)c([N+](=O)[O-])cc1F. The van der Waals surface area contributed by atoms with E-state index in [0.29, 0.717) is 6.07 Å². The Morgan fingerprint density at radius 2 is 2.14 bits per heavy atom. The third kappa shape index (κ3) is 1.68. The fraction of sp³-hybridized carbons (Fsp3) is 0.125. The molecule has 0 unspecified atom stereocenters. The summed E-state index contributed by atoms with van der Waals surface area (Å²) in [4.78, 5) is 20.4. The molecule has 6 heteroatoms. The summed E-state index contributed by atoms with van der Waals surface area (Å²) in [5.41, 5.74) is 4.15. The highest BCUT2D eigenvalue weighted by Crippen LogP contribution is 2.21. The summed E-state index contributed by atoms with van der Waals surface area (Å²) < 4.78 is 12.9. The Morgan fingerprint density at radius 3 is 2.57 bits per heavy atom. The minimum absolute atomic E-state index is 0.143. The zero-order valence-corrected chi connectivity index (χ0v) is 7.28. The molecule has 0 aliphatic heterocycles. The molecule has 0 aliphatic rings. The van der Waals surface area contributed by atoms with Crippen molar-refractivity contribution in [1.82, 2.24) is 0 Å². The average molecular weight is 198 g/mol. The summed E-state index contributed by atoms with van der Waals surface area (Å²) in [6, 6.07) is 1.76. The predicted octanol–water partition coefficient (Wildman–Crippen LogP) is 1.14. The molecule has 1 rings (SSSR count). The van der Waals surface area contributed by atoms with Crippen molar-refractivity contribution < 1.29 is 14.1 Å². The lowest BCUT2D eigenvalue weighted by Gasteiger charge is -2.01. The Bertz CT molecular complexity index is 378. The normalized spacial score (nSPS) is 9.86. The highest BCUT2D eigenvalue weighted by molar-refractivity contribution is 5.97. The number of nitro benzene ring substituents is 1. The number of rotatable bonds is 2. The van der Waals surface area contributed by atoms with Crippen molar-refractivity contribution >= 4 is 11.6 Å².